The highest BCUT2D eigenvalue weighted by molar-refractivity contribution is 7.10. The summed E-state index contributed by atoms with van der Waals surface area (Å²) in [5.41, 5.74) is 3.49. The van der Waals surface area contributed by atoms with Crippen LogP contribution in [0.1, 0.15) is 34.2 Å². The molecule has 150 valence electrons. The minimum atomic E-state index is 0.0548. The van der Waals surface area contributed by atoms with Crippen LogP contribution in [0.5, 0.6) is 0 Å². The third-order valence-corrected chi connectivity index (χ3v) is 7.77. The van der Waals surface area contributed by atoms with E-state index in [9.17, 15) is 4.79 Å². The van der Waals surface area contributed by atoms with Crippen LogP contribution in [0.15, 0.2) is 53.2 Å². The van der Waals surface area contributed by atoms with Gasteiger partial charge in [-0.1, -0.05) is 6.07 Å². The van der Waals surface area contributed by atoms with Gasteiger partial charge in [-0.2, -0.15) is 0 Å². The second-order valence-electron chi connectivity index (χ2n) is 7.73. The minimum Gasteiger partial charge on any atom is -0.372 e. The number of rotatable bonds is 5. The highest BCUT2D eigenvalue weighted by Gasteiger charge is 2.31. The van der Waals surface area contributed by atoms with Crippen molar-refractivity contribution in [3.63, 3.8) is 0 Å². The SMILES string of the molecule is O=C(CN1CCc2sccc2[C@H]1c1cccs1)Nc1ccc(N2CCCC2)cc1. The molecule has 3 aromatic rings. The monoisotopic (exact) mass is 423 g/mol. The number of nitrogens with zero attached hydrogens (tertiary/aromatic N) is 2. The van der Waals surface area contributed by atoms with E-state index < -0.39 is 0 Å². The molecule has 0 aliphatic carbocycles. The summed E-state index contributed by atoms with van der Waals surface area (Å²) < 4.78 is 0. The summed E-state index contributed by atoms with van der Waals surface area (Å²) in [7, 11) is 0. The number of hydrogen-bond acceptors (Lipinski definition) is 5. The summed E-state index contributed by atoms with van der Waals surface area (Å²) in [6.45, 7) is 3.59. The molecule has 1 N–H and O–H groups in total. The fourth-order valence-electron chi connectivity index (χ4n) is 4.43. The van der Waals surface area contributed by atoms with Crippen molar-refractivity contribution in [1.29, 1.82) is 0 Å². The number of carbonyl (C=O) groups is 1. The molecule has 0 bridgehead atoms. The molecule has 2 aliphatic heterocycles. The molecule has 5 rings (SSSR count). The van der Waals surface area contributed by atoms with E-state index in [1.807, 2.05) is 23.5 Å². The minimum absolute atomic E-state index is 0.0548. The lowest BCUT2D eigenvalue weighted by Crippen LogP contribution is -2.40. The first-order chi connectivity index (χ1) is 14.3. The van der Waals surface area contributed by atoms with Crippen molar-refractivity contribution < 1.29 is 4.79 Å². The highest BCUT2D eigenvalue weighted by Crippen LogP contribution is 2.39. The normalized spacial score (nSPS) is 19.3. The summed E-state index contributed by atoms with van der Waals surface area (Å²) in [6.07, 6.45) is 3.56. The number of amides is 1. The molecule has 1 atom stereocenters. The third kappa shape index (κ3) is 3.97. The second-order valence-corrected chi connectivity index (χ2v) is 9.71. The molecule has 0 radical (unpaired) electrons. The van der Waals surface area contributed by atoms with E-state index in [0.29, 0.717) is 6.54 Å². The number of thiophene rings is 2. The van der Waals surface area contributed by atoms with Crippen LogP contribution in [0.25, 0.3) is 0 Å². The first-order valence-corrected chi connectivity index (χ1v) is 12.0. The lowest BCUT2D eigenvalue weighted by atomic mass is 9.98. The van der Waals surface area contributed by atoms with Crippen LogP contribution in [0.3, 0.4) is 0 Å². The van der Waals surface area contributed by atoms with E-state index in [-0.39, 0.29) is 11.9 Å². The number of hydrogen-bond donors (Lipinski definition) is 1. The molecule has 0 saturated carbocycles. The van der Waals surface area contributed by atoms with Gasteiger partial charge in [-0.05, 0) is 72.0 Å². The molecule has 4 heterocycles. The molecule has 1 saturated heterocycles. The van der Waals surface area contributed by atoms with E-state index in [0.717, 1.165) is 31.7 Å². The summed E-state index contributed by atoms with van der Waals surface area (Å²) in [5, 5.41) is 7.40. The molecule has 4 nitrogen and oxygen atoms in total. The predicted molar refractivity (Wildman–Crippen MR) is 122 cm³/mol. The van der Waals surface area contributed by atoms with E-state index in [2.05, 4.69) is 56.2 Å². The van der Waals surface area contributed by atoms with Crippen molar-refractivity contribution in [3.8, 4) is 0 Å². The molecular weight excluding hydrogens is 398 g/mol. The molecule has 2 aliphatic rings. The summed E-state index contributed by atoms with van der Waals surface area (Å²) in [4.78, 5) is 20.3. The maximum atomic E-state index is 12.8. The Kier molecular flexibility index (Phi) is 5.40. The van der Waals surface area contributed by atoms with Crippen LogP contribution in [0, 0.1) is 0 Å². The fourth-order valence-corrected chi connectivity index (χ4v) is 6.21. The van der Waals surface area contributed by atoms with Gasteiger partial charge in [-0.15, -0.1) is 22.7 Å². The standard InChI is InChI=1S/C23H25N3OS2/c27-22(24-17-5-7-18(8-6-17)25-11-1-2-12-25)16-26-13-9-20-19(10-15-29-20)23(26)21-4-3-14-28-21/h3-8,10,14-15,23H,1-2,9,11-13,16H2,(H,24,27)/t23-/m0/s1. The largest absolute Gasteiger partial charge is 0.372 e. The summed E-state index contributed by atoms with van der Waals surface area (Å²) >= 11 is 3.61. The number of anilines is 2. The van der Waals surface area contributed by atoms with Crippen LogP contribution in [-0.2, 0) is 11.2 Å². The molecule has 6 heteroatoms. The zero-order chi connectivity index (χ0) is 19.6. The Labute approximate surface area is 179 Å². The van der Waals surface area contributed by atoms with Crippen LogP contribution in [0.4, 0.5) is 11.4 Å². The fraction of sp³-hybridized carbons (Fsp3) is 0.348. The molecule has 0 unspecified atom stereocenters. The quantitative estimate of drug-likeness (QED) is 0.628. The van der Waals surface area contributed by atoms with Crippen molar-refractivity contribution in [2.45, 2.75) is 25.3 Å². The first kappa shape index (κ1) is 18.9. The molecule has 1 amide bonds. The number of carbonyl (C=O) groups excluding carboxylic acids is 1. The van der Waals surface area contributed by atoms with E-state index in [1.165, 1.54) is 33.8 Å². The van der Waals surface area contributed by atoms with Gasteiger partial charge in [0.15, 0.2) is 0 Å². The van der Waals surface area contributed by atoms with Crippen LogP contribution in [0.2, 0.25) is 0 Å². The Morgan fingerprint density at radius 1 is 1.00 bits per heavy atom. The zero-order valence-electron chi connectivity index (χ0n) is 16.3. The summed E-state index contributed by atoms with van der Waals surface area (Å²) in [5.74, 6) is 0.0548. The Morgan fingerprint density at radius 3 is 2.59 bits per heavy atom. The highest BCUT2D eigenvalue weighted by atomic mass is 32.1. The van der Waals surface area contributed by atoms with Crippen molar-refractivity contribution in [2.75, 3.05) is 36.4 Å². The van der Waals surface area contributed by atoms with Gasteiger partial charge in [0.1, 0.15) is 0 Å². The molecule has 1 aromatic carbocycles. The van der Waals surface area contributed by atoms with Gasteiger partial charge in [0.2, 0.25) is 5.91 Å². The third-order valence-electron chi connectivity index (χ3n) is 5.85. The lowest BCUT2D eigenvalue weighted by molar-refractivity contribution is -0.117. The molecular formula is C23H25N3OS2. The van der Waals surface area contributed by atoms with Crippen molar-refractivity contribution in [3.05, 3.63) is 68.5 Å². The van der Waals surface area contributed by atoms with E-state index >= 15 is 0 Å². The van der Waals surface area contributed by atoms with Crippen molar-refractivity contribution >= 4 is 40.0 Å². The molecule has 29 heavy (non-hydrogen) atoms. The smallest absolute Gasteiger partial charge is 0.238 e. The first-order valence-electron chi connectivity index (χ1n) is 10.3. The Balaban J connectivity index is 1.27. The Bertz CT molecular complexity index is 958. The van der Waals surface area contributed by atoms with Crippen LogP contribution < -0.4 is 10.2 Å². The topological polar surface area (TPSA) is 35.6 Å². The van der Waals surface area contributed by atoms with E-state index in [4.69, 9.17) is 0 Å². The van der Waals surface area contributed by atoms with Crippen LogP contribution in [-0.4, -0.2) is 37.0 Å². The average molecular weight is 424 g/mol. The van der Waals surface area contributed by atoms with Gasteiger partial charge in [-0.25, -0.2) is 0 Å². The van der Waals surface area contributed by atoms with Crippen molar-refractivity contribution in [2.24, 2.45) is 0 Å². The van der Waals surface area contributed by atoms with Gasteiger partial charge in [0.05, 0.1) is 12.6 Å². The Morgan fingerprint density at radius 2 is 1.83 bits per heavy atom. The lowest BCUT2D eigenvalue weighted by Gasteiger charge is -2.34. The average Bonchev–Trinajstić information content (AvgIpc) is 3.50. The number of nitrogens with one attached hydrogen (secondary N) is 1. The number of fused-ring (bicyclic) bond motifs is 1. The van der Waals surface area contributed by atoms with Gasteiger partial charge < -0.3 is 10.2 Å². The predicted octanol–water partition coefficient (Wildman–Crippen LogP) is 5.00. The van der Waals surface area contributed by atoms with Gasteiger partial charge in [0.25, 0.3) is 0 Å². The van der Waals surface area contributed by atoms with Gasteiger partial charge in [0, 0.05) is 40.8 Å². The molecule has 0 spiro atoms. The van der Waals surface area contributed by atoms with Crippen LogP contribution >= 0.6 is 22.7 Å². The van der Waals surface area contributed by atoms with Gasteiger partial charge >= 0.3 is 0 Å². The van der Waals surface area contributed by atoms with Crippen molar-refractivity contribution in [1.82, 2.24) is 4.90 Å². The zero-order valence-corrected chi connectivity index (χ0v) is 18.0. The number of benzene rings is 1. The molecule has 2 aromatic heterocycles. The maximum absolute atomic E-state index is 12.8. The van der Waals surface area contributed by atoms with Gasteiger partial charge in [-0.3, -0.25) is 9.69 Å². The second kappa shape index (κ2) is 8.30. The Hall–Kier alpha value is -2.15. The maximum Gasteiger partial charge on any atom is 0.238 e. The molecule has 1 fully saturated rings. The summed E-state index contributed by atoms with van der Waals surface area (Å²) in [6, 6.07) is 15.0. The van der Waals surface area contributed by atoms with E-state index in [1.54, 1.807) is 11.3 Å².